The Morgan fingerprint density at radius 1 is 1.67 bits per heavy atom. The Balaban J connectivity index is 2.14. The van der Waals surface area contributed by atoms with E-state index in [0.29, 0.717) is 6.42 Å². The molecule has 0 spiro atoms. The SMILES string of the molecule is CC(F)CCN1CCSC(C)C1. The van der Waals surface area contributed by atoms with Gasteiger partial charge in [0, 0.05) is 30.6 Å². The minimum atomic E-state index is -0.644. The first-order valence-corrected chi connectivity index (χ1v) is 5.71. The summed E-state index contributed by atoms with van der Waals surface area (Å²) >= 11 is 2.02. The Morgan fingerprint density at radius 3 is 3.00 bits per heavy atom. The highest BCUT2D eigenvalue weighted by Gasteiger charge is 2.16. The van der Waals surface area contributed by atoms with Crippen LogP contribution in [0.25, 0.3) is 0 Å². The van der Waals surface area contributed by atoms with E-state index < -0.39 is 6.17 Å². The molecule has 1 saturated heterocycles. The number of hydrogen-bond acceptors (Lipinski definition) is 2. The third kappa shape index (κ3) is 3.76. The number of nitrogens with zero attached hydrogens (tertiary/aromatic N) is 1. The lowest BCUT2D eigenvalue weighted by Crippen LogP contribution is -2.37. The van der Waals surface area contributed by atoms with Gasteiger partial charge in [-0.15, -0.1) is 0 Å². The number of rotatable bonds is 3. The summed E-state index contributed by atoms with van der Waals surface area (Å²) in [6, 6.07) is 0. The molecule has 1 heterocycles. The van der Waals surface area contributed by atoms with Gasteiger partial charge in [0.25, 0.3) is 0 Å². The Kier molecular flexibility index (Phi) is 4.36. The van der Waals surface area contributed by atoms with Crippen molar-refractivity contribution in [2.45, 2.75) is 31.7 Å². The van der Waals surface area contributed by atoms with Crippen LogP contribution < -0.4 is 0 Å². The molecule has 2 unspecified atom stereocenters. The molecule has 1 nitrogen and oxygen atoms in total. The van der Waals surface area contributed by atoms with E-state index in [-0.39, 0.29) is 0 Å². The topological polar surface area (TPSA) is 3.24 Å². The van der Waals surface area contributed by atoms with E-state index in [2.05, 4.69) is 11.8 Å². The zero-order chi connectivity index (χ0) is 8.97. The molecule has 12 heavy (non-hydrogen) atoms. The zero-order valence-corrected chi connectivity index (χ0v) is 8.74. The molecule has 0 aromatic heterocycles. The summed E-state index contributed by atoms with van der Waals surface area (Å²) in [5.41, 5.74) is 0. The van der Waals surface area contributed by atoms with Crippen molar-refractivity contribution in [3.63, 3.8) is 0 Å². The predicted molar refractivity (Wildman–Crippen MR) is 53.5 cm³/mol. The summed E-state index contributed by atoms with van der Waals surface area (Å²) in [7, 11) is 0. The highest BCUT2D eigenvalue weighted by molar-refractivity contribution is 7.99. The number of halogens is 1. The summed E-state index contributed by atoms with van der Waals surface area (Å²) < 4.78 is 12.5. The summed E-state index contributed by atoms with van der Waals surface area (Å²) in [5.74, 6) is 1.21. The van der Waals surface area contributed by atoms with Gasteiger partial charge in [0.2, 0.25) is 0 Å². The standard InChI is InChI=1S/C9H18FNS/c1-8(10)3-4-11-5-6-12-9(2)7-11/h8-9H,3-7H2,1-2H3. The fourth-order valence-electron chi connectivity index (χ4n) is 1.45. The van der Waals surface area contributed by atoms with Gasteiger partial charge < -0.3 is 4.90 Å². The third-order valence-electron chi connectivity index (χ3n) is 2.17. The van der Waals surface area contributed by atoms with Crippen molar-refractivity contribution >= 4 is 11.8 Å². The summed E-state index contributed by atoms with van der Waals surface area (Å²) in [6.07, 6.45) is 0.0482. The van der Waals surface area contributed by atoms with Crippen LogP contribution in [0.5, 0.6) is 0 Å². The van der Waals surface area contributed by atoms with Crippen LogP contribution in [0.15, 0.2) is 0 Å². The molecule has 0 N–H and O–H groups in total. The molecular formula is C9H18FNS. The molecular weight excluding hydrogens is 173 g/mol. The van der Waals surface area contributed by atoms with Crippen molar-refractivity contribution in [1.82, 2.24) is 4.90 Å². The van der Waals surface area contributed by atoms with E-state index in [1.54, 1.807) is 6.92 Å². The van der Waals surface area contributed by atoms with Crippen LogP contribution in [0.2, 0.25) is 0 Å². The van der Waals surface area contributed by atoms with E-state index in [1.165, 1.54) is 5.75 Å². The Bertz CT molecular complexity index is 130. The fraction of sp³-hybridized carbons (Fsp3) is 1.00. The van der Waals surface area contributed by atoms with E-state index in [4.69, 9.17) is 0 Å². The van der Waals surface area contributed by atoms with Gasteiger partial charge in [0.15, 0.2) is 0 Å². The molecule has 1 fully saturated rings. The van der Waals surface area contributed by atoms with Crippen molar-refractivity contribution in [2.24, 2.45) is 0 Å². The second-order valence-electron chi connectivity index (χ2n) is 3.55. The molecule has 3 heteroatoms. The van der Waals surface area contributed by atoms with Gasteiger partial charge >= 0.3 is 0 Å². The van der Waals surface area contributed by atoms with Crippen LogP contribution in [0.4, 0.5) is 4.39 Å². The van der Waals surface area contributed by atoms with Crippen LogP contribution in [-0.2, 0) is 0 Å². The van der Waals surface area contributed by atoms with Crippen LogP contribution in [-0.4, -0.2) is 41.7 Å². The molecule has 0 aromatic rings. The molecule has 1 rings (SSSR count). The minimum Gasteiger partial charge on any atom is -0.301 e. The molecule has 0 radical (unpaired) electrons. The third-order valence-corrected chi connectivity index (χ3v) is 3.30. The minimum absolute atomic E-state index is 0.644. The molecule has 0 amide bonds. The van der Waals surface area contributed by atoms with Crippen molar-refractivity contribution in [3.8, 4) is 0 Å². The second kappa shape index (κ2) is 5.07. The molecule has 0 bridgehead atoms. The quantitative estimate of drug-likeness (QED) is 0.672. The largest absolute Gasteiger partial charge is 0.301 e. The molecule has 2 atom stereocenters. The number of thioether (sulfide) groups is 1. The summed E-state index contributed by atoms with van der Waals surface area (Å²) in [5, 5.41) is 0.730. The molecule has 0 aromatic carbocycles. The number of hydrogen-bond donors (Lipinski definition) is 0. The summed E-state index contributed by atoms with van der Waals surface area (Å²) in [6.45, 7) is 7.10. The van der Waals surface area contributed by atoms with Gasteiger partial charge in [-0.05, 0) is 13.3 Å². The first-order chi connectivity index (χ1) is 5.68. The van der Waals surface area contributed by atoms with E-state index in [0.717, 1.165) is 24.9 Å². The first-order valence-electron chi connectivity index (χ1n) is 4.66. The molecule has 0 saturated carbocycles. The van der Waals surface area contributed by atoms with E-state index in [9.17, 15) is 4.39 Å². The highest BCUT2D eigenvalue weighted by atomic mass is 32.2. The maximum Gasteiger partial charge on any atom is 0.0985 e. The van der Waals surface area contributed by atoms with E-state index >= 15 is 0 Å². The molecule has 0 aliphatic carbocycles. The van der Waals surface area contributed by atoms with E-state index in [1.807, 2.05) is 11.8 Å². The maximum absolute atomic E-state index is 12.5. The van der Waals surface area contributed by atoms with Crippen molar-refractivity contribution in [3.05, 3.63) is 0 Å². The second-order valence-corrected chi connectivity index (χ2v) is 5.10. The van der Waals surface area contributed by atoms with Crippen molar-refractivity contribution in [2.75, 3.05) is 25.4 Å². The average Bonchev–Trinajstić information content (AvgIpc) is 2.01. The zero-order valence-electron chi connectivity index (χ0n) is 7.92. The molecule has 1 aliphatic heterocycles. The Morgan fingerprint density at radius 2 is 2.42 bits per heavy atom. The lowest BCUT2D eigenvalue weighted by Gasteiger charge is -2.30. The Labute approximate surface area is 78.7 Å². The fourth-order valence-corrected chi connectivity index (χ4v) is 2.54. The van der Waals surface area contributed by atoms with Crippen LogP contribution >= 0.6 is 11.8 Å². The lowest BCUT2D eigenvalue weighted by atomic mass is 10.2. The predicted octanol–water partition coefficient (Wildman–Crippen LogP) is 2.17. The van der Waals surface area contributed by atoms with Crippen LogP contribution in [0.1, 0.15) is 20.3 Å². The van der Waals surface area contributed by atoms with Crippen molar-refractivity contribution < 1.29 is 4.39 Å². The lowest BCUT2D eigenvalue weighted by molar-refractivity contribution is 0.239. The number of alkyl halides is 1. The average molecular weight is 191 g/mol. The van der Waals surface area contributed by atoms with Crippen LogP contribution in [0.3, 0.4) is 0 Å². The normalized spacial score (nSPS) is 28.8. The smallest absolute Gasteiger partial charge is 0.0985 e. The molecule has 1 aliphatic rings. The highest BCUT2D eigenvalue weighted by Crippen LogP contribution is 2.17. The van der Waals surface area contributed by atoms with Gasteiger partial charge in [-0.25, -0.2) is 4.39 Å². The van der Waals surface area contributed by atoms with Gasteiger partial charge in [-0.3, -0.25) is 0 Å². The van der Waals surface area contributed by atoms with Gasteiger partial charge in [0.05, 0.1) is 6.17 Å². The monoisotopic (exact) mass is 191 g/mol. The van der Waals surface area contributed by atoms with Crippen molar-refractivity contribution in [1.29, 1.82) is 0 Å². The van der Waals surface area contributed by atoms with Gasteiger partial charge in [-0.2, -0.15) is 11.8 Å². The molecule has 72 valence electrons. The summed E-state index contributed by atoms with van der Waals surface area (Å²) in [4.78, 5) is 2.37. The van der Waals surface area contributed by atoms with Gasteiger partial charge in [-0.1, -0.05) is 6.92 Å². The van der Waals surface area contributed by atoms with Crippen LogP contribution in [0, 0.1) is 0 Å². The maximum atomic E-state index is 12.5. The van der Waals surface area contributed by atoms with Gasteiger partial charge in [0.1, 0.15) is 0 Å². The Hall–Kier alpha value is 0.240. The first kappa shape index (κ1) is 10.3.